The Labute approximate surface area is 205 Å². The van der Waals surface area contributed by atoms with Gasteiger partial charge in [0.2, 0.25) is 11.5 Å². The zero-order valence-electron chi connectivity index (χ0n) is 20.2. The number of methoxy groups -OCH3 is 4. The van der Waals surface area contributed by atoms with Crippen molar-refractivity contribution in [1.82, 2.24) is 0 Å². The Kier molecular flexibility index (Phi) is 6.58. The van der Waals surface area contributed by atoms with E-state index in [1.807, 2.05) is 0 Å². The molecule has 1 aromatic heterocycles. The van der Waals surface area contributed by atoms with Crippen molar-refractivity contribution in [2.45, 2.75) is 13.1 Å². The van der Waals surface area contributed by atoms with Gasteiger partial charge in [-0.25, -0.2) is 0 Å². The number of carbonyl (C=O) groups is 1. The average Bonchev–Trinajstić information content (AvgIpc) is 3.21. The molecule has 3 aromatic carbocycles. The van der Waals surface area contributed by atoms with Crippen LogP contribution in [0.5, 0.6) is 23.0 Å². The molecule has 0 N–H and O–H groups in total. The third-order valence-electron chi connectivity index (χ3n) is 5.91. The number of rotatable bonds is 7. The summed E-state index contributed by atoms with van der Waals surface area (Å²) in [5.74, 6) is 1.08. The zero-order valence-corrected chi connectivity index (χ0v) is 20.2. The summed E-state index contributed by atoms with van der Waals surface area (Å²) >= 11 is 0. The second-order valence-electron chi connectivity index (χ2n) is 7.92. The van der Waals surface area contributed by atoms with Crippen LogP contribution in [-0.4, -0.2) is 34.2 Å². The van der Waals surface area contributed by atoms with E-state index in [0.29, 0.717) is 50.7 Å². The summed E-state index contributed by atoms with van der Waals surface area (Å²) in [6, 6.07) is 11.2. The van der Waals surface area contributed by atoms with E-state index in [2.05, 4.69) is 0 Å². The predicted molar refractivity (Wildman–Crippen MR) is 127 cm³/mol. The Hall–Kier alpha value is -4.14. The van der Waals surface area contributed by atoms with Crippen molar-refractivity contribution >= 4 is 16.8 Å². The topological polar surface area (TPSA) is 67.1 Å². The van der Waals surface area contributed by atoms with Gasteiger partial charge >= 0.3 is 6.18 Å². The second-order valence-corrected chi connectivity index (χ2v) is 7.92. The fraction of sp³-hybridized carbons (Fsp3) is 0.222. The minimum absolute atomic E-state index is 0.103. The van der Waals surface area contributed by atoms with Crippen LogP contribution in [0.4, 0.5) is 13.2 Å². The molecule has 36 heavy (non-hydrogen) atoms. The Morgan fingerprint density at radius 2 is 1.39 bits per heavy atom. The third kappa shape index (κ3) is 4.32. The number of benzene rings is 3. The van der Waals surface area contributed by atoms with Gasteiger partial charge in [0.15, 0.2) is 17.3 Å². The number of fused-ring (bicyclic) bond motifs is 1. The molecule has 0 amide bonds. The number of furan rings is 1. The maximum absolute atomic E-state index is 13.4. The van der Waals surface area contributed by atoms with Crippen LogP contribution < -0.4 is 18.9 Å². The van der Waals surface area contributed by atoms with Crippen molar-refractivity contribution in [2.75, 3.05) is 28.4 Å². The molecule has 4 aromatic rings. The number of alkyl halides is 3. The van der Waals surface area contributed by atoms with Gasteiger partial charge in [-0.1, -0.05) is 12.1 Å². The molecule has 0 spiro atoms. The van der Waals surface area contributed by atoms with Gasteiger partial charge in [-0.15, -0.1) is 0 Å². The van der Waals surface area contributed by atoms with Crippen molar-refractivity contribution in [3.8, 4) is 34.1 Å². The monoisotopic (exact) mass is 500 g/mol. The first-order valence-electron chi connectivity index (χ1n) is 10.8. The number of aryl methyl sites for hydroxylation is 1. The molecule has 0 aliphatic heterocycles. The van der Waals surface area contributed by atoms with Gasteiger partial charge < -0.3 is 23.4 Å². The standard InChI is InChI=1S/C27H23F3O6/c1-14-18-12-19(15-6-8-17(9-7-15)27(28,29)30)20(32-2)13-21(18)36-25(14)24(31)16-10-22(33-3)26(35-5)23(11-16)34-4/h6-13H,1-5H3. The van der Waals surface area contributed by atoms with E-state index in [4.69, 9.17) is 23.4 Å². The van der Waals surface area contributed by atoms with E-state index in [9.17, 15) is 18.0 Å². The van der Waals surface area contributed by atoms with E-state index in [-0.39, 0.29) is 11.3 Å². The predicted octanol–water partition coefficient (Wildman–Crippen LogP) is 6.69. The number of hydrogen-bond acceptors (Lipinski definition) is 6. The Morgan fingerprint density at radius 1 is 0.806 bits per heavy atom. The fourth-order valence-electron chi connectivity index (χ4n) is 4.04. The molecule has 0 atom stereocenters. The van der Waals surface area contributed by atoms with Crippen molar-refractivity contribution < 1.29 is 41.3 Å². The maximum atomic E-state index is 13.4. The van der Waals surface area contributed by atoms with Crippen LogP contribution in [0.25, 0.3) is 22.1 Å². The molecule has 0 aliphatic carbocycles. The van der Waals surface area contributed by atoms with Gasteiger partial charge in [-0.05, 0) is 42.8 Å². The number of ketones is 1. The summed E-state index contributed by atoms with van der Waals surface area (Å²) in [6.07, 6.45) is -4.43. The molecule has 0 saturated heterocycles. The highest BCUT2D eigenvalue weighted by atomic mass is 19.4. The molecule has 0 aliphatic rings. The lowest BCUT2D eigenvalue weighted by atomic mass is 9.99. The Bertz CT molecular complexity index is 1410. The quantitative estimate of drug-likeness (QED) is 0.263. The normalized spacial score (nSPS) is 11.4. The molecule has 1 heterocycles. The van der Waals surface area contributed by atoms with Crippen molar-refractivity contribution in [3.63, 3.8) is 0 Å². The SMILES string of the molecule is COc1cc2oc(C(=O)c3cc(OC)c(OC)c(OC)c3)c(C)c2cc1-c1ccc(C(F)(F)F)cc1. The average molecular weight is 500 g/mol. The van der Waals surface area contributed by atoms with Gasteiger partial charge in [0.25, 0.3) is 0 Å². The van der Waals surface area contributed by atoms with E-state index in [0.717, 1.165) is 12.1 Å². The summed E-state index contributed by atoms with van der Waals surface area (Å²) in [7, 11) is 5.82. The summed E-state index contributed by atoms with van der Waals surface area (Å²) < 4.78 is 66.4. The summed E-state index contributed by atoms with van der Waals surface area (Å²) in [4.78, 5) is 13.4. The highest BCUT2D eigenvalue weighted by Gasteiger charge is 2.30. The minimum Gasteiger partial charge on any atom is -0.496 e. The van der Waals surface area contributed by atoms with E-state index in [1.54, 1.807) is 19.1 Å². The van der Waals surface area contributed by atoms with E-state index >= 15 is 0 Å². The van der Waals surface area contributed by atoms with Crippen LogP contribution >= 0.6 is 0 Å². The second kappa shape index (κ2) is 9.49. The highest BCUT2D eigenvalue weighted by Crippen LogP contribution is 2.41. The molecular weight excluding hydrogens is 477 g/mol. The van der Waals surface area contributed by atoms with Crippen LogP contribution in [0.1, 0.15) is 27.2 Å². The van der Waals surface area contributed by atoms with Crippen LogP contribution in [0.3, 0.4) is 0 Å². The number of carbonyl (C=O) groups excluding carboxylic acids is 1. The first-order valence-corrected chi connectivity index (χ1v) is 10.8. The van der Waals surface area contributed by atoms with Gasteiger partial charge in [0, 0.05) is 28.1 Å². The molecule has 6 nitrogen and oxygen atoms in total. The number of halogens is 3. The molecule has 188 valence electrons. The molecular formula is C27H23F3O6. The van der Waals surface area contributed by atoms with Crippen molar-refractivity contribution in [3.05, 3.63) is 71.0 Å². The summed E-state index contributed by atoms with van der Waals surface area (Å²) in [6.45, 7) is 1.74. The van der Waals surface area contributed by atoms with E-state index < -0.39 is 17.5 Å². The van der Waals surface area contributed by atoms with Gasteiger partial charge in [-0.3, -0.25) is 4.79 Å². The van der Waals surface area contributed by atoms with Gasteiger partial charge in [0.1, 0.15) is 11.3 Å². The van der Waals surface area contributed by atoms with Crippen molar-refractivity contribution in [2.24, 2.45) is 0 Å². The largest absolute Gasteiger partial charge is 0.496 e. The summed E-state index contributed by atoms with van der Waals surface area (Å²) in [5.41, 5.74) is 1.58. The van der Waals surface area contributed by atoms with Gasteiger partial charge in [-0.2, -0.15) is 13.2 Å². The molecule has 0 radical (unpaired) electrons. The first kappa shape index (κ1) is 25.0. The molecule has 0 unspecified atom stereocenters. The first-order chi connectivity index (χ1) is 17.1. The fourth-order valence-corrected chi connectivity index (χ4v) is 4.04. The van der Waals surface area contributed by atoms with Crippen LogP contribution in [-0.2, 0) is 6.18 Å². The molecule has 0 saturated carbocycles. The zero-order chi connectivity index (χ0) is 26.2. The Balaban J connectivity index is 1.82. The third-order valence-corrected chi connectivity index (χ3v) is 5.91. The number of hydrogen-bond donors (Lipinski definition) is 0. The van der Waals surface area contributed by atoms with Crippen LogP contribution in [0.15, 0.2) is 52.9 Å². The summed E-state index contributed by atoms with van der Waals surface area (Å²) in [5, 5.41) is 0.626. The Morgan fingerprint density at radius 3 is 1.89 bits per heavy atom. The van der Waals surface area contributed by atoms with E-state index in [1.165, 1.54) is 52.7 Å². The van der Waals surface area contributed by atoms with Crippen LogP contribution in [0, 0.1) is 6.92 Å². The smallest absolute Gasteiger partial charge is 0.416 e. The molecule has 4 rings (SSSR count). The lowest BCUT2D eigenvalue weighted by Crippen LogP contribution is -2.04. The number of ether oxygens (including phenoxy) is 4. The molecule has 0 fully saturated rings. The molecule has 0 bridgehead atoms. The van der Waals surface area contributed by atoms with Crippen molar-refractivity contribution in [1.29, 1.82) is 0 Å². The van der Waals surface area contributed by atoms with Crippen LogP contribution in [0.2, 0.25) is 0 Å². The lowest BCUT2D eigenvalue weighted by Gasteiger charge is -2.13. The molecule has 9 heteroatoms. The lowest BCUT2D eigenvalue weighted by molar-refractivity contribution is -0.137. The minimum atomic E-state index is -4.43. The maximum Gasteiger partial charge on any atom is 0.416 e. The highest BCUT2D eigenvalue weighted by molar-refractivity contribution is 6.11. The van der Waals surface area contributed by atoms with Gasteiger partial charge in [0.05, 0.1) is 34.0 Å².